The van der Waals surface area contributed by atoms with Crippen molar-refractivity contribution in [1.29, 1.82) is 0 Å². The molecule has 0 saturated carbocycles. The fourth-order valence-electron chi connectivity index (χ4n) is 3.99. The molecule has 0 spiro atoms. The first kappa shape index (κ1) is 26.4. The number of aromatic nitrogens is 2. The minimum atomic E-state index is -4.09. The summed E-state index contributed by atoms with van der Waals surface area (Å²) < 4.78 is 27.9. The molecule has 0 aliphatic rings. The summed E-state index contributed by atoms with van der Waals surface area (Å²) >= 11 is 6.61. The van der Waals surface area contributed by atoms with E-state index in [2.05, 4.69) is 10.3 Å². The van der Waals surface area contributed by atoms with Crippen molar-refractivity contribution in [2.24, 2.45) is 0 Å². The van der Waals surface area contributed by atoms with E-state index >= 15 is 0 Å². The Morgan fingerprint density at radius 2 is 1.69 bits per heavy atom. The van der Waals surface area contributed by atoms with Gasteiger partial charge in [-0.3, -0.25) is 9.59 Å². The number of amides is 1. The van der Waals surface area contributed by atoms with Gasteiger partial charge in [-0.05, 0) is 66.6 Å². The molecule has 9 nitrogen and oxygen atoms in total. The normalized spacial score (nSPS) is 11.4. The van der Waals surface area contributed by atoms with E-state index < -0.39 is 27.2 Å². The number of carbonyl (C=O) groups is 1. The summed E-state index contributed by atoms with van der Waals surface area (Å²) in [7, 11) is -4.09. The minimum Gasteiger partial charge on any atom is -0.385 e. The molecule has 0 aliphatic carbocycles. The Hall–Kier alpha value is -4.19. The summed E-state index contributed by atoms with van der Waals surface area (Å²) in [6.45, 7) is 0.680. The number of aromatic amines is 1. The number of halogens is 1. The van der Waals surface area contributed by atoms with E-state index in [-0.39, 0.29) is 19.8 Å². The Morgan fingerprint density at radius 1 is 0.949 bits per heavy atom. The van der Waals surface area contributed by atoms with Crippen molar-refractivity contribution in [3.8, 4) is 5.69 Å². The van der Waals surface area contributed by atoms with Gasteiger partial charge in [-0.2, -0.15) is 0 Å². The van der Waals surface area contributed by atoms with Gasteiger partial charge in [-0.1, -0.05) is 41.9 Å². The second kappa shape index (κ2) is 10.9. The van der Waals surface area contributed by atoms with Gasteiger partial charge < -0.3 is 10.3 Å². The molecule has 0 saturated heterocycles. The molecule has 1 amide bonds. The fourth-order valence-corrected chi connectivity index (χ4v) is 6.45. The molecule has 198 valence electrons. The molecule has 0 unspecified atom stereocenters. The van der Waals surface area contributed by atoms with Gasteiger partial charge in [-0.15, -0.1) is 11.3 Å². The molecular formula is C27H21ClN4O5S2. The molecule has 0 atom stereocenters. The van der Waals surface area contributed by atoms with Crippen LogP contribution in [0, 0.1) is 0 Å². The quantitative estimate of drug-likeness (QED) is 0.253. The highest BCUT2D eigenvalue weighted by Gasteiger charge is 2.21. The zero-order valence-corrected chi connectivity index (χ0v) is 22.6. The van der Waals surface area contributed by atoms with Crippen LogP contribution in [-0.4, -0.2) is 30.4 Å². The molecule has 0 fully saturated rings. The number of rotatable bonds is 8. The minimum absolute atomic E-state index is 0.0291. The molecule has 3 N–H and O–H groups in total. The maximum Gasteiger partial charge on any atom is 0.333 e. The zero-order chi connectivity index (χ0) is 27.6. The Kier molecular flexibility index (Phi) is 7.38. The molecule has 12 heteroatoms. The predicted molar refractivity (Wildman–Crippen MR) is 153 cm³/mol. The number of fused-ring (bicyclic) bond motifs is 1. The number of thiophene rings is 1. The molecule has 39 heavy (non-hydrogen) atoms. The lowest BCUT2D eigenvalue weighted by molar-refractivity contribution is 0.0981. The maximum absolute atomic E-state index is 13.2. The van der Waals surface area contributed by atoms with Gasteiger partial charge in [0, 0.05) is 17.8 Å². The van der Waals surface area contributed by atoms with Crippen LogP contribution >= 0.6 is 22.9 Å². The smallest absolute Gasteiger partial charge is 0.333 e. The van der Waals surface area contributed by atoms with Gasteiger partial charge in [0.05, 0.1) is 20.9 Å². The highest BCUT2D eigenvalue weighted by molar-refractivity contribution is 7.92. The van der Waals surface area contributed by atoms with Crippen molar-refractivity contribution >= 4 is 55.5 Å². The van der Waals surface area contributed by atoms with Crippen molar-refractivity contribution in [1.82, 2.24) is 14.3 Å². The van der Waals surface area contributed by atoms with Crippen LogP contribution in [0.25, 0.3) is 16.6 Å². The molecule has 5 rings (SSSR count). The topological polar surface area (TPSA) is 130 Å². The number of sulfonamides is 1. The molecule has 0 aliphatic heterocycles. The fraction of sp³-hybridized carbons (Fsp3) is 0.0741. The third-order valence-corrected chi connectivity index (χ3v) is 8.97. The second-order valence-corrected chi connectivity index (χ2v) is 12.2. The maximum atomic E-state index is 13.2. The van der Waals surface area contributed by atoms with E-state index in [1.54, 1.807) is 18.2 Å². The number of nitrogens with zero attached hydrogens (tertiary/aromatic N) is 1. The number of benzene rings is 3. The molecule has 5 aromatic rings. The Labute approximate surface area is 231 Å². The lowest BCUT2D eigenvalue weighted by Gasteiger charge is -2.10. The number of hydrogen-bond acceptors (Lipinski definition) is 7. The number of anilines is 1. The first-order chi connectivity index (χ1) is 18.7. The SMILES string of the molecule is O=C(NS(=O)(=O)c1ccc(Cl)s1)c1ccc(-n2c(=O)[nH]c3cc(NCCc4ccccc4)ccc3c2=O)cc1. The van der Waals surface area contributed by atoms with Crippen molar-refractivity contribution in [3.63, 3.8) is 0 Å². The van der Waals surface area contributed by atoms with Crippen LogP contribution in [0.15, 0.2) is 98.7 Å². The predicted octanol–water partition coefficient (Wildman–Crippen LogP) is 4.17. The molecular weight excluding hydrogens is 560 g/mol. The average molecular weight is 581 g/mol. The molecule has 2 aromatic heterocycles. The second-order valence-electron chi connectivity index (χ2n) is 8.53. The summed E-state index contributed by atoms with van der Waals surface area (Å²) in [5, 5.41) is 3.61. The van der Waals surface area contributed by atoms with Gasteiger partial charge in [0.1, 0.15) is 4.21 Å². The molecule has 0 radical (unpaired) electrons. The van der Waals surface area contributed by atoms with E-state index in [9.17, 15) is 22.8 Å². The standard InChI is InChI=1S/C27H21ClN4O5S2/c28-23-12-13-24(38-23)39(36,37)31-25(33)18-6-9-20(10-7-18)32-26(34)21-11-8-19(16-22(21)30-27(32)35)29-15-14-17-4-2-1-3-5-17/h1-13,16,29H,14-15H2,(H,30,35)(H,31,33). The summed E-state index contributed by atoms with van der Waals surface area (Å²) in [4.78, 5) is 41.3. The zero-order valence-electron chi connectivity index (χ0n) is 20.2. The van der Waals surface area contributed by atoms with Crippen LogP contribution in [0.1, 0.15) is 15.9 Å². The van der Waals surface area contributed by atoms with E-state index in [1.807, 2.05) is 35.1 Å². The Morgan fingerprint density at radius 3 is 2.38 bits per heavy atom. The van der Waals surface area contributed by atoms with Gasteiger partial charge in [0.2, 0.25) is 0 Å². The van der Waals surface area contributed by atoms with E-state index in [0.717, 1.165) is 28.0 Å². The largest absolute Gasteiger partial charge is 0.385 e. The van der Waals surface area contributed by atoms with E-state index in [1.165, 1.54) is 42.0 Å². The highest BCUT2D eigenvalue weighted by Crippen LogP contribution is 2.25. The summed E-state index contributed by atoms with van der Waals surface area (Å²) in [6.07, 6.45) is 0.819. The third kappa shape index (κ3) is 5.80. The molecule has 3 aromatic carbocycles. The summed E-state index contributed by atoms with van der Waals surface area (Å²) in [5.41, 5.74) is 1.42. The number of carbonyl (C=O) groups excluding carboxylic acids is 1. The first-order valence-corrected chi connectivity index (χ1v) is 14.4. The first-order valence-electron chi connectivity index (χ1n) is 11.7. The van der Waals surface area contributed by atoms with E-state index in [0.29, 0.717) is 17.4 Å². The number of H-pyrrole nitrogens is 1. The van der Waals surface area contributed by atoms with Crippen LogP contribution in [0.2, 0.25) is 4.34 Å². The van der Waals surface area contributed by atoms with Gasteiger partial charge in [0.25, 0.3) is 21.5 Å². The molecule has 2 heterocycles. The van der Waals surface area contributed by atoms with Gasteiger partial charge >= 0.3 is 5.69 Å². The third-order valence-electron chi connectivity index (χ3n) is 5.91. The van der Waals surface area contributed by atoms with Crippen LogP contribution in [-0.2, 0) is 16.4 Å². The summed E-state index contributed by atoms with van der Waals surface area (Å²) in [5.74, 6) is -0.863. The van der Waals surface area contributed by atoms with Gasteiger partial charge in [-0.25, -0.2) is 22.5 Å². The van der Waals surface area contributed by atoms with Crippen molar-refractivity contribution in [2.75, 3.05) is 11.9 Å². The van der Waals surface area contributed by atoms with Crippen LogP contribution < -0.4 is 21.3 Å². The van der Waals surface area contributed by atoms with Crippen molar-refractivity contribution < 1.29 is 13.2 Å². The number of nitrogens with one attached hydrogen (secondary N) is 3. The van der Waals surface area contributed by atoms with Crippen LogP contribution in [0.4, 0.5) is 5.69 Å². The monoisotopic (exact) mass is 580 g/mol. The lowest BCUT2D eigenvalue weighted by atomic mass is 10.1. The van der Waals surface area contributed by atoms with Crippen LogP contribution in [0.5, 0.6) is 0 Å². The number of hydrogen-bond donors (Lipinski definition) is 3. The van der Waals surface area contributed by atoms with Crippen LogP contribution in [0.3, 0.4) is 0 Å². The van der Waals surface area contributed by atoms with E-state index in [4.69, 9.17) is 11.6 Å². The Bertz CT molecular complexity index is 1900. The summed E-state index contributed by atoms with van der Waals surface area (Å²) in [6, 6.07) is 23.3. The van der Waals surface area contributed by atoms with Crippen molar-refractivity contribution in [3.05, 3.63) is 121 Å². The Balaban J connectivity index is 1.34. The van der Waals surface area contributed by atoms with Gasteiger partial charge in [0.15, 0.2) is 0 Å². The highest BCUT2D eigenvalue weighted by atomic mass is 35.5. The van der Waals surface area contributed by atoms with Crippen molar-refractivity contribution in [2.45, 2.75) is 10.6 Å². The lowest BCUT2D eigenvalue weighted by Crippen LogP contribution is -2.33. The molecule has 0 bridgehead atoms. The average Bonchev–Trinajstić information content (AvgIpc) is 3.37.